The SMILES string of the molecule is CCCc1nc(Cl)cc(-c2sccc2Br)n1. The van der Waals surface area contributed by atoms with Gasteiger partial charge >= 0.3 is 0 Å². The van der Waals surface area contributed by atoms with Crippen molar-refractivity contribution < 1.29 is 0 Å². The highest BCUT2D eigenvalue weighted by atomic mass is 79.9. The standard InChI is InChI=1S/C11H10BrClN2S/c1-2-3-10-14-8(6-9(13)15-10)11-7(12)4-5-16-11/h4-6H,2-3H2,1H3. The molecule has 2 rings (SSSR count). The van der Waals surface area contributed by atoms with Crippen LogP contribution in [0.4, 0.5) is 0 Å². The molecule has 0 aliphatic heterocycles. The van der Waals surface area contributed by atoms with Crippen LogP contribution in [0.15, 0.2) is 22.0 Å². The Morgan fingerprint density at radius 3 is 2.88 bits per heavy atom. The molecule has 2 aromatic rings. The zero-order chi connectivity index (χ0) is 11.5. The van der Waals surface area contributed by atoms with Crippen LogP contribution < -0.4 is 0 Å². The van der Waals surface area contributed by atoms with Crippen molar-refractivity contribution in [2.45, 2.75) is 19.8 Å². The zero-order valence-corrected chi connectivity index (χ0v) is 11.9. The largest absolute Gasteiger partial charge is 0.232 e. The molecule has 0 amide bonds. The van der Waals surface area contributed by atoms with Crippen molar-refractivity contribution in [2.24, 2.45) is 0 Å². The van der Waals surface area contributed by atoms with Crippen molar-refractivity contribution in [3.8, 4) is 10.6 Å². The summed E-state index contributed by atoms with van der Waals surface area (Å²) in [5.74, 6) is 0.810. The third-order valence-corrected chi connectivity index (χ3v) is 4.12. The van der Waals surface area contributed by atoms with Crippen molar-refractivity contribution in [3.63, 3.8) is 0 Å². The second-order valence-corrected chi connectivity index (χ2v) is 5.50. The predicted octanol–water partition coefficient (Wildman–Crippen LogP) is 4.57. The molecule has 2 aromatic heterocycles. The Morgan fingerprint density at radius 2 is 2.25 bits per heavy atom. The minimum Gasteiger partial charge on any atom is -0.232 e. The molecular formula is C11H10BrClN2S. The van der Waals surface area contributed by atoms with Gasteiger partial charge in [-0.15, -0.1) is 11.3 Å². The Labute approximate surface area is 112 Å². The van der Waals surface area contributed by atoms with Crippen LogP contribution in [0.1, 0.15) is 19.2 Å². The van der Waals surface area contributed by atoms with E-state index in [1.165, 1.54) is 0 Å². The summed E-state index contributed by atoms with van der Waals surface area (Å²) in [5.41, 5.74) is 0.894. The molecule has 2 heterocycles. The Bertz CT molecular complexity index is 498. The summed E-state index contributed by atoms with van der Waals surface area (Å²) in [4.78, 5) is 9.82. The third-order valence-electron chi connectivity index (χ3n) is 2.06. The highest BCUT2D eigenvalue weighted by Gasteiger charge is 2.09. The molecule has 0 spiro atoms. The topological polar surface area (TPSA) is 25.8 Å². The number of hydrogen-bond donors (Lipinski definition) is 0. The van der Waals surface area contributed by atoms with E-state index in [0.29, 0.717) is 5.15 Å². The average Bonchev–Trinajstić information content (AvgIpc) is 2.64. The number of rotatable bonds is 3. The van der Waals surface area contributed by atoms with Gasteiger partial charge < -0.3 is 0 Å². The first-order valence-corrected chi connectivity index (χ1v) is 7.02. The van der Waals surface area contributed by atoms with Crippen LogP contribution in [0.2, 0.25) is 5.15 Å². The van der Waals surface area contributed by atoms with Crippen molar-refractivity contribution in [1.82, 2.24) is 9.97 Å². The molecule has 0 radical (unpaired) electrons. The van der Waals surface area contributed by atoms with E-state index in [1.807, 2.05) is 11.4 Å². The minimum atomic E-state index is 0.508. The van der Waals surface area contributed by atoms with Crippen LogP contribution >= 0.6 is 38.9 Å². The van der Waals surface area contributed by atoms with Crippen molar-refractivity contribution in [3.05, 3.63) is 33.0 Å². The molecule has 0 N–H and O–H groups in total. The molecule has 0 bridgehead atoms. The number of aryl methyl sites for hydroxylation is 1. The van der Waals surface area contributed by atoms with Crippen molar-refractivity contribution >= 4 is 38.9 Å². The van der Waals surface area contributed by atoms with Crippen molar-refractivity contribution in [1.29, 1.82) is 0 Å². The van der Waals surface area contributed by atoms with Crippen LogP contribution in [0, 0.1) is 0 Å². The fourth-order valence-corrected chi connectivity index (χ4v) is 3.13. The van der Waals surface area contributed by atoms with Crippen LogP contribution in [-0.4, -0.2) is 9.97 Å². The molecule has 0 saturated carbocycles. The van der Waals surface area contributed by atoms with Crippen LogP contribution in [0.3, 0.4) is 0 Å². The molecule has 0 fully saturated rings. The highest BCUT2D eigenvalue weighted by Crippen LogP contribution is 2.33. The van der Waals surface area contributed by atoms with E-state index in [-0.39, 0.29) is 0 Å². The maximum atomic E-state index is 5.99. The van der Waals surface area contributed by atoms with Gasteiger partial charge in [-0.2, -0.15) is 0 Å². The van der Waals surface area contributed by atoms with Gasteiger partial charge in [0, 0.05) is 17.0 Å². The van der Waals surface area contributed by atoms with Gasteiger partial charge in [0.2, 0.25) is 0 Å². The number of halogens is 2. The summed E-state index contributed by atoms with van der Waals surface area (Å²) >= 11 is 11.1. The summed E-state index contributed by atoms with van der Waals surface area (Å²) in [5, 5.41) is 2.53. The minimum absolute atomic E-state index is 0.508. The van der Waals surface area contributed by atoms with Gasteiger partial charge in [0.25, 0.3) is 0 Å². The fraction of sp³-hybridized carbons (Fsp3) is 0.273. The van der Waals surface area contributed by atoms with Gasteiger partial charge in [0.05, 0.1) is 10.6 Å². The smallest absolute Gasteiger partial charge is 0.133 e. The predicted molar refractivity (Wildman–Crippen MR) is 72.1 cm³/mol. The first kappa shape index (κ1) is 12.0. The summed E-state index contributed by atoms with van der Waals surface area (Å²) in [6.45, 7) is 2.10. The molecule has 0 unspecified atom stereocenters. The summed E-state index contributed by atoms with van der Waals surface area (Å²) in [7, 11) is 0. The van der Waals surface area contributed by atoms with Gasteiger partial charge in [-0.1, -0.05) is 18.5 Å². The molecule has 84 valence electrons. The van der Waals surface area contributed by atoms with E-state index in [1.54, 1.807) is 17.4 Å². The maximum absolute atomic E-state index is 5.99. The van der Waals surface area contributed by atoms with Crippen LogP contribution in [-0.2, 0) is 6.42 Å². The van der Waals surface area contributed by atoms with Gasteiger partial charge in [-0.3, -0.25) is 0 Å². The van der Waals surface area contributed by atoms with Crippen LogP contribution in [0.5, 0.6) is 0 Å². The Balaban J connectivity index is 2.45. The molecule has 0 aromatic carbocycles. The van der Waals surface area contributed by atoms with E-state index in [9.17, 15) is 0 Å². The lowest BCUT2D eigenvalue weighted by Crippen LogP contribution is -1.96. The Kier molecular flexibility index (Phi) is 3.95. The summed E-state index contributed by atoms with van der Waals surface area (Å²) < 4.78 is 1.05. The summed E-state index contributed by atoms with van der Waals surface area (Å²) in [6, 6.07) is 3.81. The lowest BCUT2D eigenvalue weighted by atomic mass is 10.3. The normalized spacial score (nSPS) is 10.7. The zero-order valence-electron chi connectivity index (χ0n) is 8.70. The number of aromatic nitrogens is 2. The monoisotopic (exact) mass is 316 g/mol. The van der Waals surface area contributed by atoms with E-state index >= 15 is 0 Å². The molecule has 5 heteroatoms. The van der Waals surface area contributed by atoms with Gasteiger partial charge in [0.1, 0.15) is 11.0 Å². The van der Waals surface area contributed by atoms with E-state index in [0.717, 1.165) is 33.7 Å². The van der Waals surface area contributed by atoms with Crippen molar-refractivity contribution in [2.75, 3.05) is 0 Å². The molecule has 16 heavy (non-hydrogen) atoms. The fourth-order valence-electron chi connectivity index (χ4n) is 1.39. The average molecular weight is 318 g/mol. The number of thiophene rings is 1. The molecule has 0 saturated heterocycles. The van der Waals surface area contributed by atoms with E-state index in [4.69, 9.17) is 11.6 Å². The Morgan fingerprint density at radius 1 is 1.44 bits per heavy atom. The Hall–Kier alpha value is -0.450. The second kappa shape index (κ2) is 5.25. The van der Waals surface area contributed by atoms with Gasteiger partial charge in [0.15, 0.2) is 0 Å². The number of nitrogens with zero attached hydrogens (tertiary/aromatic N) is 2. The molecule has 0 atom stereocenters. The molecular weight excluding hydrogens is 308 g/mol. The number of hydrogen-bond acceptors (Lipinski definition) is 3. The van der Waals surface area contributed by atoms with E-state index < -0.39 is 0 Å². The first-order valence-electron chi connectivity index (χ1n) is 4.97. The summed E-state index contributed by atoms with van der Waals surface area (Å²) in [6.07, 6.45) is 1.88. The second-order valence-electron chi connectivity index (χ2n) is 3.34. The van der Waals surface area contributed by atoms with Crippen LogP contribution in [0.25, 0.3) is 10.6 Å². The van der Waals surface area contributed by atoms with E-state index in [2.05, 4.69) is 32.8 Å². The molecule has 0 aliphatic rings. The first-order chi connectivity index (χ1) is 7.70. The van der Waals surface area contributed by atoms with Gasteiger partial charge in [-0.05, 0) is 33.8 Å². The lowest BCUT2D eigenvalue weighted by molar-refractivity contribution is 0.837. The lowest BCUT2D eigenvalue weighted by Gasteiger charge is -2.03. The quantitative estimate of drug-likeness (QED) is 0.775. The molecule has 2 nitrogen and oxygen atoms in total. The molecule has 0 aliphatic carbocycles. The third kappa shape index (κ3) is 2.62. The maximum Gasteiger partial charge on any atom is 0.133 e. The highest BCUT2D eigenvalue weighted by molar-refractivity contribution is 9.10. The van der Waals surface area contributed by atoms with Gasteiger partial charge in [-0.25, -0.2) is 9.97 Å².